The second-order valence-corrected chi connectivity index (χ2v) is 3.47. The largest absolute Gasteiger partial charge is 0.205 e. The van der Waals surface area contributed by atoms with Gasteiger partial charge < -0.3 is 0 Å². The van der Waals surface area contributed by atoms with Crippen molar-refractivity contribution in [3.8, 4) is 0 Å². The van der Waals surface area contributed by atoms with E-state index < -0.39 is 0 Å². The topological polar surface area (TPSA) is 0 Å². The molecular weight excluding hydrogens is 183 g/mol. The molecule has 1 unspecified atom stereocenters. The molecule has 0 heterocycles. The van der Waals surface area contributed by atoms with Crippen molar-refractivity contribution in [2.45, 2.75) is 12.2 Å². The van der Waals surface area contributed by atoms with Gasteiger partial charge in [0.05, 0.1) is 5.02 Å². The Morgan fingerprint density at radius 2 is 2.18 bits per heavy atom. The molecule has 0 nitrogen and oxygen atoms in total. The molecule has 1 atom stereocenters. The Labute approximate surface area is 75.8 Å². The Hall–Kier alpha value is -0.210. The SMILES string of the molecule is CC(S)c1cccc(F)c1Cl. The van der Waals surface area contributed by atoms with Gasteiger partial charge in [-0.15, -0.1) is 0 Å². The van der Waals surface area contributed by atoms with Crippen LogP contribution in [0.15, 0.2) is 18.2 Å². The van der Waals surface area contributed by atoms with E-state index in [1.807, 2.05) is 6.92 Å². The van der Waals surface area contributed by atoms with E-state index in [0.29, 0.717) is 0 Å². The molecular formula is C8H8ClFS. The monoisotopic (exact) mass is 190 g/mol. The lowest BCUT2D eigenvalue weighted by Crippen LogP contribution is -1.88. The van der Waals surface area contributed by atoms with Crippen molar-refractivity contribution in [2.24, 2.45) is 0 Å². The Kier molecular flexibility index (Phi) is 2.79. The third-order valence-corrected chi connectivity index (χ3v) is 2.11. The minimum atomic E-state index is -0.384. The first kappa shape index (κ1) is 8.88. The van der Waals surface area contributed by atoms with E-state index in [0.717, 1.165) is 5.56 Å². The molecule has 0 saturated heterocycles. The molecule has 0 aliphatic heterocycles. The lowest BCUT2D eigenvalue weighted by Gasteiger charge is -2.06. The first-order valence-corrected chi connectivity index (χ1v) is 4.14. The molecule has 60 valence electrons. The molecule has 0 saturated carbocycles. The highest BCUT2D eigenvalue weighted by molar-refractivity contribution is 7.80. The summed E-state index contributed by atoms with van der Waals surface area (Å²) in [6.45, 7) is 1.85. The first-order chi connectivity index (χ1) is 5.13. The van der Waals surface area contributed by atoms with Crippen LogP contribution in [0.1, 0.15) is 17.7 Å². The summed E-state index contributed by atoms with van der Waals surface area (Å²) in [7, 11) is 0. The van der Waals surface area contributed by atoms with Crippen molar-refractivity contribution >= 4 is 24.2 Å². The normalized spacial score (nSPS) is 13.1. The van der Waals surface area contributed by atoms with Gasteiger partial charge in [0.25, 0.3) is 0 Å². The summed E-state index contributed by atoms with van der Waals surface area (Å²) in [6.07, 6.45) is 0. The number of hydrogen-bond donors (Lipinski definition) is 1. The van der Waals surface area contributed by atoms with Gasteiger partial charge in [0.1, 0.15) is 5.82 Å². The van der Waals surface area contributed by atoms with Crippen molar-refractivity contribution in [1.82, 2.24) is 0 Å². The fourth-order valence-corrected chi connectivity index (χ4v) is 1.42. The van der Waals surface area contributed by atoms with E-state index in [1.165, 1.54) is 6.07 Å². The Balaban J connectivity index is 3.17. The molecule has 0 aromatic heterocycles. The highest BCUT2D eigenvalue weighted by Crippen LogP contribution is 2.28. The van der Waals surface area contributed by atoms with E-state index >= 15 is 0 Å². The maximum Gasteiger partial charge on any atom is 0.142 e. The molecule has 0 bridgehead atoms. The number of benzene rings is 1. The quantitative estimate of drug-likeness (QED) is 0.645. The van der Waals surface area contributed by atoms with Crippen LogP contribution in [0.5, 0.6) is 0 Å². The van der Waals surface area contributed by atoms with Crippen LogP contribution in [0.25, 0.3) is 0 Å². The summed E-state index contributed by atoms with van der Waals surface area (Å²) in [5.41, 5.74) is 0.731. The van der Waals surface area contributed by atoms with Gasteiger partial charge >= 0.3 is 0 Å². The van der Waals surface area contributed by atoms with Gasteiger partial charge in [-0.1, -0.05) is 23.7 Å². The molecule has 0 amide bonds. The van der Waals surface area contributed by atoms with Gasteiger partial charge in [-0.25, -0.2) is 4.39 Å². The fraction of sp³-hybridized carbons (Fsp3) is 0.250. The van der Waals surface area contributed by atoms with Gasteiger partial charge in [-0.3, -0.25) is 0 Å². The molecule has 1 aromatic rings. The molecule has 0 fully saturated rings. The summed E-state index contributed by atoms with van der Waals surface area (Å²) < 4.78 is 12.8. The fourth-order valence-electron chi connectivity index (χ4n) is 0.843. The lowest BCUT2D eigenvalue weighted by atomic mass is 10.1. The van der Waals surface area contributed by atoms with Crippen LogP contribution in [0.3, 0.4) is 0 Å². The summed E-state index contributed by atoms with van der Waals surface area (Å²) in [4.78, 5) is 0. The van der Waals surface area contributed by atoms with E-state index in [4.69, 9.17) is 11.6 Å². The van der Waals surface area contributed by atoms with E-state index in [2.05, 4.69) is 12.6 Å². The molecule has 11 heavy (non-hydrogen) atoms. The van der Waals surface area contributed by atoms with Crippen LogP contribution in [0.2, 0.25) is 5.02 Å². The Morgan fingerprint density at radius 3 is 2.64 bits per heavy atom. The molecule has 3 heteroatoms. The highest BCUT2D eigenvalue weighted by atomic mass is 35.5. The van der Waals surface area contributed by atoms with Crippen LogP contribution >= 0.6 is 24.2 Å². The highest BCUT2D eigenvalue weighted by Gasteiger charge is 2.08. The van der Waals surface area contributed by atoms with Crippen LogP contribution in [0, 0.1) is 5.82 Å². The van der Waals surface area contributed by atoms with E-state index in [-0.39, 0.29) is 16.1 Å². The van der Waals surface area contributed by atoms with E-state index in [1.54, 1.807) is 12.1 Å². The van der Waals surface area contributed by atoms with Gasteiger partial charge in [0.15, 0.2) is 0 Å². The molecule has 0 aliphatic rings. The average molecular weight is 191 g/mol. The number of hydrogen-bond acceptors (Lipinski definition) is 1. The van der Waals surface area contributed by atoms with Crippen LogP contribution in [-0.4, -0.2) is 0 Å². The molecule has 1 rings (SSSR count). The minimum Gasteiger partial charge on any atom is -0.205 e. The third kappa shape index (κ3) is 1.88. The van der Waals surface area contributed by atoms with Gasteiger partial charge in [-0.2, -0.15) is 12.6 Å². The third-order valence-electron chi connectivity index (χ3n) is 1.43. The number of halogens is 2. The molecule has 0 spiro atoms. The van der Waals surface area contributed by atoms with Crippen LogP contribution < -0.4 is 0 Å². The summed E-state index contributed by atoms with van der Waals surface area (Å²) in [5.74, 6) is -0.384. The van der Waals surface area contributed by atoms with Crippen molar-refractivity contribution in [3.63, 3.8) is 0 Å². The number of rotatable bonds is 1. The molecule has 1 aromatic carbocycles. The molecule has 0 N–H and O–H groups in total. The Morgan fingerprint density at radius 1 is 1.55 bits per heavy atom. The van der Waals surface area contributed by atoms with E-state index in [9.17, 15) is 4.39 Å². The number of thiol groups is 1. The van der Waals surface area contributed by atoms with Crippen molar-refractivity contribution in [2.75, 3.05) is 0 Å². The molecule has 0 radical (unpaired) electrons. The minimum absolute atomic E-state index is 0.0294. The second-order valence-electron chi connectivity index (χ2n) is 2.32. The standard InChI is InChI=1S/C8H8ClFS/c1-5(11)6-3-2-4-7(10)8(6)9/h2-5,11H,1H3. The summed E-state index contributed by atoms with van der Waals surface area (Å²) in [5, 5.41) is 0.146. The first-order valence-electron chi connectivity index (χ1n) is 3.25. The van der Waals surface area contributed by atoms with Crippen molar-refractivity contribution in [3.05, 3.63) is 34.6 Å². The predicted molar refractivity (Wildman–Crippen MR) is 48.8 cm³/mol. The van der Waals surface area contributed by atoms with Gasteiger partial charge in [0, 0.05) is 5.25 Å². The maximum atomic E-state index is 12.8. The van der Waals surface area contributed by atoms with Crippen LogP contribution in [-0.2, 0) is 0 Å². The second kappa shape index (κ2) is 3.46. The zero-order valence-electron chi connectivity index (χ0n) is 6.01. The van der Waals surface area contributed by atoms with Crippen molar-refractivity contribution < 1.29 is 4.39 Å². The van der Waals surface area contributed by atoms with Crippen LogP contribution in [0.4, 0.5) is 4.39 Å². The zero-order valence-corrected chi connectivity index (χ0v) is 7.66. The Bertz CT molecular complexity index is 260. The average Bonchev–Trinajstić information content (AvgIpc) is 1.94. The molecule has 0 aliphatic carbocycles. The zero-order chi connectivity index (χ0) is 8.43. The van der Waals surface area contributed by atoms with Crippen molar-refractivity contribution in [1.29, 1.82) is 0 Å². The predicted octanol–water partition coefficient (Wildman–Crippen LogP) is 3.47. The summed E-state index contributed by atoms with van der Waals surface area (Å²) in [6, 6.07) is 4.73. The smallest absolute Gasteiger partial charge is 0.142 e. The summed E-state index contributed by atoms with van der Waals surface area (Å²) >= 11 is 9.82. The lowest BCUT2D eigenvalue weighted by molar-refractivity contribution is 0.626. The van der Waals surface area contributed by atoms with Gasteiger partial charge in [-0.05, 0) is 18.6 Å². The maximum absolute atomic E-state index is 12.8. The van der Waals surface area contributed by atoms with Gasteiger partial charge in [0.2, 0.25) is 0 Å².